The Morgan fingerprint density at radius 3 is 1.48 bits per heavy atom. The van der Waals surface area contributed by atoms with Crippen LogP contribution in [0.2, 0.25) is 0 Å². The number of hydrogen-bond acceptors (Lipinski definition) is 7. The van der Waals surface area contributed by atoms with E-state index in [1.807, 2.05) is 6.08 Å². The third kappa shape index (κ3) is 39.3. The minimum atomic E-state index is -4.41. The summed E-state index contributed by atoms with van der Waals surface area (Å²) in [5, 5.41) is 24.0. The molecule has 10 heteroatoms. The van der Waals surface area contributed by atoms with E-state index in [2.05, 4.69) is 55.6 Å². The number of unbranched alkanes of at least 4 members (excludes halogenated alkanes) is 22. The van der Waals surface area contributed by atoms with Crippen molar-refractivity contribution in [2.45, 2.75) is 218 Å². The van der Waals surface area contributed by atoms with Gasteiger partial charge in [0.2, 0.25) is 5.91 Å². The fraction of sp³-hybridized carbons (Fsp3) is 0.804. The highest BCUT2D eigenvalue weighted by atomic mass is 31.2. The number of allylic oxidation sites excluding steroid dienone is 7. The average molecular weight is 811 g/mol. The topological polar surface area (TPSA) is 151 Å². The molecule has 0 aliphatic heterocycles. The van der Waals surface area contributed by atoms with Crippen molar-refractivity contribution >= 4 is 13.7 Å². The van der Waals surface area contributed by atoms with E-state index in [4.69, 9.17) is 14.8 Å². The fourth-order valence-electron chi connectivity index (χ4n) is 6.44. The van der Waals surface area contributed by atoms with Crippen LogP contribution in [-0.4, -0.2) is 59.0 Å². The van der Waals surface area contributed by atoms with Gasteiger partial charge in [-0.3, -0.25) is 13.8 Å². The molecule has 0 aromatic carbocycles. The van der Waals surface area contributed by atoms with E-state index in [1.165, 1.54) is 109 Å². The van der Waals surface area contributed by atoms with E-state index < -0.39 is 38.6 Å². The number of aliphatic hydroxyl groups excluding tert-OH is 2. The minimum absolute atomic E-state index is 0.0402. The zero-order valence-corrected chi connectivity index (χ0v) is 36.9. The van der Waals surface area contributed by atoms with Crippen LogP contribution in [0.1, 0.15) is 200 Å². The molecule has 0 spiro atoms. The van der Waals surface area contributed by atoms with Crippen LogP contribution in [0, 0.1) is 0 Å². The summed E-state index contributed by atoms with van der Waals surface area (Å²) in [4.78, 5) is 22.8. The Balaban J connectivity index is 4.38. The Morgan fingerprint density at radius 2 is 1.02 bits per heavy atom. The van der Waals surface area contributed by atoms with Crippen LogP contribution < -0.4 is 11.1 Å². The second kappa shape index (κ2) is 41.6. The second-order valence-corrected chi connectivity index (χ2v) is 16.9. The number of carbonyl (C=O) groups excluding carboxylic acids is 1. The number of phosphoric acid groups is 1. The largest absolute Gasteiger partial charge is 0.472 e. The number of hydrogen-bond donors (Lipinski definition) is 5. The molecule has 0 saturated heterocycles. The van der Waals surface area contributed by atoms with Gasteiger partial charge in [-0.15, -0.1) is 0 Å². The Bertz CT molecular complexity index is 1030. The lowest BCUT2D eigenvalue weighted by molar-refractivity contribution is -0.124. The van der Waals surface area contributed by atoms with Crippen LogP contribution in [0.3, 0.4) is 0 Å². The van der Waals surface area contributed by atoms with E-state index in [0.717, 1.165) is 57.8 Å². The summed E-state index contributed by atoms with van der Waals surface area (Å²) < 4.78 is 22.1. The molecule has 0 saturated carbocycles. The molecule has 56 heavy (non-hydrogen) atoms. The molecule has 0 aromatic heterocycles. The number of carbonyl (C=O) groups is 1. The smallest absolute Gasteiger partial charge is 0.393 e. The summed E-state index contributed by atoms with van der Waals surface area (Å²) in [5.41, 5.74) is 5.36. The summed E-state index contributed by atoms with van der Waals surface area (Å²) >= 11 is 0. The van der Waals surface area contributed by atoms with Crippen molar-refractivity contribution in [3.63, 3.8) is 0 Å². The lowest BCUT2D eigenvalue weighted by Crippen LogP contribution is -2.46. The number of nitrogens with two attached hydrogens (primary N) is 1. The van der Waals surface area contributed by atoms with Gasteiger partial charge in [-0.05, 0) is 70.6 Å². The lowest BCUT2D eigenvalue weighted by Gasteiger charge is -2.24. The van der Waals surface area contributed by atoms with Crippen molar-refractivity contribution in [3.8, 4) is 0 Å². The maximum atomic E-state index is 12.8. The Hall–Kier alpha value is -1.58. The highest BCUT2D eigenvalue weighted by Gasteiger charge is 2.27. The van der Waals surface area contributed by atoms with Crippen molar-refractivity contribution in [3.05, 3.63) is 48.6 Å². The summed E-state index contributed by atoms with van der Waals surface area (Å²) in [6.07, 6.45) is 47.7. The van der Waals surface area contributed by atoms with Crippen molar-refractivity contribution in [2.24, 2.45) is 5.73 Å². The average Bonchev–Trinajstić information content (AvgIpc) is 3.17. The van der Waals surface area contributed by atoms with Crippen LogP contribution in [0.25, 0.3) is 0 Å². The SMILES string of the molecule is CCCCCCCCC/C=C/CC/C=C/CC/C=C/C(O)C(COP(=O)(O)OCCN)NC(=O)CC(O)CCCCCCC/C=C\CCCCCCCCCC. The summed E-state index contributed by atoms with van der Waals surface area (Å²) in [7, 11) is -4.41. The molecule has 0 aliphatic rings. The number of nitrogens with one attached hydrogen (secondary N) is 1. The normalized spacial score (nSPS) is 15.0. The maximum absolute atomic E-state index is 12.8. The maximum Gasteiger partial charge on any atom is 0.472 e. The molecular formula is C46H87N2O7P. The fourth-order valence-corrected chi connectivity index (χ4v) is 7.20. The predicted molar refractivity (Wildman–Crippen MR) is 237 cm³/mol. The Kier molecular flexibility index (Phi) is 40.4. The number of phosphoric ester groups is 1. The molecule has 4 unspecified atom stereocenters. The Labute approximate surface area is 344 Å². The molecule has 4 atom stereocenters. The van der Waals surface area contributed by atoms with E-state index >= 15 is 0 Å². The van der Waals surface area contributed by atoms with E-state index in [-0.39, 0.29) is 19.6 Å². The first kappa shape index (κ1) is 54.4. The van der Waals surface area contributed by atoms with Crippen molar-refractivity contribution in [1.82, 2.24) is 5.32 Å². The van der Waals surface area contributed by atoms with Gasteiger partial charge in [-0.1, -0.05) is 172 Å². The molecule has 328 valence electrons. The van der Waals surface area contributed by atoms with E-state index in [0.29, 0.717) is 12.8 Å². The van der Waals surface area contributed by atoms with Crippen LogP contribution in [0.4, 0.5) is 0 Å². The van der Waals surface area contributed by atoms with Crippen molar-refractivity contribution in [2.75, 3.05) is 19.8 Å². The molecule has 0 fully saturated rings. The molecule has 0 aromatic rings. The third-order valence-electron chi connectivity index (χ3n) is 9.91. The molecular weight excluding hydrogens is 723 g/mol. The highest BCUT2D eigenvalue weighted by molar-refractivity contribution is 7.47. The summed E-state index contributed by atoms with van der Waals surface area (Å²) in [6.45, 7) is 3.93. The van der Waals surface area contributed by atoms with E-state index in [9.17, 15) is 24.5 Å². The van der Waals surface area contributed by atoms with Gasteiger partial charge in [0, 0.05) is 6.54 Å². The zero-order chi connectivity index (χ0) is 41.2. The number of aliphatic hydroxyl groups is 2. The first-order valence-corrected chi connectivity index (χ1v) is 24.3. The first-order valence-electron chi connectivity index (χ1n) is 22.8. The van der Waals surface area contributed by atoms with Crippen LogP contribution in [0.5, 0.6) is 0 Å². The van der Waals surface area contributed by atoms with Gasteiger partial charge in [-0.25, -0.2) is 4.57 Å². The van der Waals surface area contributed by atoms with Gasteiger partial charge >= 0.3 is 7.82 Å². The van der Waals surface area contributed by atoms with Crippen LogP contribution >= 0.6 is 7.82 Å². The van der Waals surface area contributed by atoms with Gasteiger partial charge in [0.1, 0.15) is 0 Å². The minimum Gasteiger partial charge on any atom is -0.393 e. The van der Waals surface area contributed by atoms with Crippen molar-refractivity contribution in [1.29, 1.82) is 0 Å². The molecule has 6 N–H and O–H groups in total. The predicted octanol–water partition coefficient (Wildman–Crippen LogP) is 11.9. The van der Waals surface area contributed by atoms with Crippen molar-refractivity contribution < 1.29 is 33.5 Å². The molecule has 0 aliphatic carbocycles. The molecule has 0 bridgehead atoms. The second-order valence-electron chi connectivity index (χ2n) is 15.4. The highest BCUT2D eigenvalue weighted by Crippen LogP contribution is 2.43. The monoisotopic (exact) mass is 811 g/mol. The molecule has 0 rings (SSSR count). The summed E-state index contributed by atoms with van der Waals surface area (Å²) in [5.74, 6) is -0.465. The first-order chi connectivity index (χ1) is 27.3. The van der Waals surface area contributed by atoms with Gasteiger partial charge in [-0.2, -0.15) is 0 Å². The van der Waals surface area contributed by atoms with Gasteiger partial charge < -0.3 is 26.2 Å². The van der Waals surface area contributed by atoms with Gasteiger partial charge in [0.05, 0.1) is 37.9 Å². The van der Waals surface area contributed by atoms with Gasteiger partial charge in [0.15, 0.2) is 0 Å². The molecule has 0 heterocycles. The zero-order valence-electron chi connectivity index (χ0n) is 36.0. The number of amides is 1. The number of rotatable bonds is 42. The molecule has 1 amide bonds. The molecule has 9 nitrogen and oxygen atoms in total. The standard InChI is InChI=1S/C46H87N2O7P/c1-3-5-7-9-11-13-15-17-19-21-23-25-27-29-31-33-35-37-43(49)41-46(51)48-44(42-55-56(52,53)54-40-39-47)45(50)38-36-34-32-30-28-26-24-22-20-18-16-14-12-10-8-6-4-2/h20-23,28,30,36,38,43-45,49-50H,3-19,24-27,29,31-35,37,39-42,47H2,1-2H3,(H,48,51)(H,52,53)/b22-20+,23-21-,30-28+,38-36+. The van der Waals surface area contributed by atoms with Crippen LogP contribution in [-0.2, 0) is 18.4 Å². The summed E-state index contributed by atoms with van der Waals surface area (Å²) in [6, 6.07) is -1.01. The lowest BCUT2D eigenvalue weighted by atomic mass is 10.0. The van der Waals surface area contributed by atoms with Crippen LogP contribution in [0.15, 0.2) is 48.6 Å². The molecule has 0 radical (unpaired) electrons. The van der Waals surface area contributed by atoms with E-state index in [1.54, 1.807) is 6.08 Å². The Morgan fingerprint density at radius 1 is 0.607 bits per heavy atom. The third-order valence-corrected chi connectivity index (χ3v) is 10.9. The van der Waals surface area contributed by atoms with Gasteiger partial charge in [0.25, 0.3) is 0 Å². The quantitative estimate of drug-likeness (QED) is 0.0232.